The van der Waals surface area contributed by atoms with Gasteiger partial charge >= 0.3 is 5.97 Å². The maximum atomic E-state index is 11.3. The summed E-state index contributed by atoms with van der Waals surface area (Å²) in [5.41, 5.74) is 0.997. The molecule has 0 saturated carbocycles. The number of rotatable bonds is 4. The minimum atomic E-state index is -0.237. The lowest BCUT2D eigenvalue weighted by Gasteiger charge is -2.07. The molecule has 0 heterocycles. The summed E-state index contributed by atoms with van der Waals surface area (Å²) < 4.78 is 5.07. The number of esters is 1. The van der Waals surface area contributed by atoms with Gasteiger partial charge in [0.25, 0.3) is 0 Å². The van der Waals surface area contributed by atoms with Crippen LogP contribution in [0.25, 0.3) is 0 Å². The smallest absolute Gasteiger partial charge is 0.312 e. The number of carbonyl (C=O) groups excluding carboxylic acids is 1. The van der Waals surface area contributed by atoms with Gasteiger partial charge in [0.15, 0.2) is 0 Å². The van der Waals surface area contributed by atoms with Crippen molar-refractivity contribution in [2.24, 2.45) is 5.92 Å². The quantitative estimate of drug-likeness (QED) is 0.538. The van der Waals surface area contributed by atoms with Gasteiger partial charge in [0.2, 0.25) is 0 Å². The molecule has 0 bridgehead atoms. The zero-order chi connectivity index (χ0) is 10.4. The zero-order valence-electron chi connectivity index (χ0n) is 8.27. The highest BCUT2D eigenvalue weighted by Gasteiger charge is 2.09. The Kier molecular flexibility index (Phi) is 3.92. The third kappa shape index (κ3) is 3.05. The van der Waals surface area contributed by atoms with Gasteiger partial charge in [-0.3, -0.25) is 4.79 Å². The number of hydrogen-bond donors (Lipinski definition) is 0. The summed E-state index contributed by atoms with van der Waals surface area (Å²) in [5.74, 6) is -0.470. The van der Waals surface area contributed by atoms with E-state index in [0.29, 0.717) is 6.61 Å². The lowest BCUT2D eigenvalue weighted by atomic mass is 10.2. The predicted molar refractivity (Wildman–Crippen MR) is 55.6 cm³/mol. The molecule has 74 valence electrons. The Bertz CT molecular complexity index is 303. The van der Waals surface area contributed by atoms with Crippen molar-refractivity contribution in [3.05, 3.63) is 48.6 Å². The van der Waals surface area contributed by atoms with Gasteiger partial charge in [-0.15, -0.1) is 6.58 Å². The van der Waals surface area contributed by atoms with E-state index in [0.717, 1.165) is 5.56 Å². The van der Waals surface area contributed by atoms with Crippen molar-refractivity contribution in [2.75, 3.05) is 0 Å². The number of hydrogen-bond acceptors (Lipinski definition) is 2. The van der Waals surface area contributed by atoms with Crippen molar-refractivity contribution in [1.82, 2.24) is 0 Å². The lowest BCUT2D eigenvalue weighted by molar-refractivity contribution is -0.147. The summed E-state index contributed by atoms with van der Waals surface area (Å²) in [6.45, 7) is 5.63. The van der Waals surface area contributed by atoms with E-state index < -0.39 is 0 Å². The first kappa shape index (κ1) is 10.5. The summed E-state index contributed by atoms with van der Waals surface area (Å²) in [5, 5.41) is 0. The van der Waals surface area contributed by atoms with Gasteiger partial charge in [-0.25, -0.2) is 0 Å². The SMILES string of the molecule is C=CC(C)C(=O)OCc1ccccc1. The number of ether oxygens (including phenoxy) is 1. The van der Waals surface area contributed by atoms with Crippen LogP contribution >= 0.6 is 0 Å². The standard InChI is InChI=1S/C12H14O2/c1-3-10(2)12(13)14-9-11-7-5-4-6-8-11/h3-8,10H,1,9H2,2H3. The molecule has 0 aliphatic carbocycles. The van der Waals surface area contributed by atoms with Crippen molar-refractivity contribution in [3.8, 4) is 0 Å². The molecule has 2 heteroatoms. The average molecular weight is 190 g/mol. The van der Waals surface area contributed by atoms with E-state index in [9.17, 15) is 4.79 Å². The third-order valence-electron chi connectivity index (χ3n) is 1.95. The van der Waals surface area contributed by atoms with E-state index in [-0.39, 0.29) is 11.9 Å². The fourth-order valence-electron chi connectivity index (χ4n) is 0.956. The molecule has 0 fully saturated rings. The fourth-order valence-corrected chi connectivity index (χ4v) is 0.956. The molecule has 0 saturated heterocycles. The average Bonchev–Trinajstić information content (AvgIpc) is 2.26. The molecule has 1 unspecified atom stereocenters. The van der Waals surface area contributed by atoms with Gasteiger partial charge < -0.3 is 4.74 Å². The molecule has 0 radical (unpaired) electrons. The van der Waals surface area contributed by atoms with Gasteiger partial charge in [-0.1, -0.05) is 36.4 Å². The van der Waals surface area contributed by atoms with Crippen molar-refractivity contribution in [1.29, 1.82) is 0 Å². The van der Waals surface area contributed by atoms with Crippen LogP contribution in [0.15, 0.2) is 43.0 Å². The van der Waals surface area contributed by atoms with Crippen molar-refractivity contribution in [2.45, 2.75) is 13.5 Å². The normalized spacial score (nSPS) is 11.8. The molecular weight excluding hydrogens is 176 g/mol. The van der Waals surface area contributed by atoms with Crippen molar-refractivity contribution < 1.29 is 9.53 Å². The van der Waals surface area contributed by atoms with E-state index in [4.69, 9.17) is 4.74 Å². The van der Waals surface area contributed by atoms with Crippen LogP contribution < -0.4 is 0 Å². The molecule has 0 amide bonds. The van der Waals surface area contributed by atoms with E-state index in [2.05, 4.69) is 6.58 Å². The second kappa shape index (κ2) is 5.22. The van der Waals surface area contributed by atoms with Gasteiger partial charge in [0.05, 0.1) is 5.92 Å². The first-order valence-electron chi connectivity index (χ1n) is 4.57. The van der Waals surface area contributed by atoms with E-state index in [1.54, 1.807) is 13.0 Å². The van der Waals surface area contributed by atoms with Crippen LogP contribution in [-0.2, 0) is 16.1 Å². The van der Waals surface area contributed by atoms with E-state index in [1.165, 1.54) is 0 Å². The van der Waals surface area contributed by atoms with Gasteiger partial charge in [-0.2, -0.15) is 0 Å². The molecule has 1 atom stereocenters. The topological polar surface area (TPSA) is 26.3 Å². The molecule has 14 heavy (non-hydrogen) atoms. The molecule has 0 aliphatic rings. The summed E-state index contributed by atoms with van der Waals surface area (Å²) in [6, 6.07) is 9.61. The first-order chi connectivity index (χ1) is 6.74. The Hall–Kier alpha value is -1.57. The molecule has 1 aromatic rings. The summed E-state index contributed by atoms with van der Waals surface area (Å²) in [7, 11) is 0. The third-order valence-corrected chi connectivity index (χ3v) is 1.95. The highest BCUT2D eigenvalue weighted by molar-refractivity contribution is 5.73. The molecular formula is C12H14O2. The van der Waals surface area contributed by atoms with Crippen LogP contribution in [0.1, 0.15) is 12.5 Å². The molecule has 0 aromatic heterocycles. The van der Waals surface area contributed by atoms with Crippen molar-refractivity contribution in [3.63, 3.8) is 0 Å². The van der Waals surface area contributed by atoms with Gasteiger partial charge in [0, 0.05) is 0 Å². The summed E-state index contributed by atoms with van der Waals surface area (Å²) in [6.07, 6.45) is 1.58. The molecule has 0 aliphatic heterocycles. The van der Waals surface area contributed by atoms with Crippen LogP contribution in [0.5, 0.6) is 0 Å². The fraction of sp³-hybridized carbons (Fsp3) is 0.250. The Morgan fingerprint density at radius 1 is 1.50 bits per heavy atom. The lowest BCUT2D eigenvalue weighted by Crippen LogP contribution is -2.12. The molecule has 1 rings (SSSR count). The Morgan fingerprint density at radius 3 is 2.71 bits per heavy atom. The Morgan fingerprint density at radius 2 is 2.14 bits per heavy atom. The molecule has 0 spiro atoms. The molecule has 1 aromatic carbocycles. The maximum absolute atomic E-state index is 11.3. The highest BCUT2D eigenvalue weighted by atomic mass is 16.5. The van der Waals surface area contributed by atoms with Gasteiger partial charge in [-0.05, 0) is 12.5 Å². The molecule has 0 N–H and O–H groups in total. The first-order valence-corrected chi connectivity index (χ1v) is 4.57. The minimum absolute atomic E-state index is 0.233. The van der Waals surface area contributed by atoms with Gasteiger partial charge in [0.1, 0.15) is 6.61 Å². The Balaban J connectivity index is 2.42. The highest BCUT2D eigenvalue weighted by Crippen LogP contribution is 2.04. The second-order valence-electron chi connectivity index (χ2n) is 3.12. The maximum Gasteiger partial charge on any atom is 0.312 e. The van der Waals surface area contributed by atoms with Crippen LogP contribution in [0.2, 0.25) is 0 Å². The van der Waals surface area contributed by atoms with Crippen LogP contribution in [0.4, 0.5) is 0 Å². The van der Waals surface area contributed by atoms with E-state index in [1.807, 2.05) is 30.3 Å². The predicted octanol–water partition coefficient (Wildman–Crippen LogP) is 2.55. The second-order valence-corrected chi connectivity index (χ2v) is 3.12. The largest absolute Gasteiger partial charge is 0.460 e. The van der Waals surface area contributed by atoms with Crippen LogP contribution in [0.3, 0.4) is 0 Å². The zero-order valence-corrected chi connectivity index (χ0v) is 8.27. The van der Waals surface area contributed by atoms with Crippen LogP contribution in [-0.4, -0.2) is 5.97 Å². The number of benzene rings is 1. The van der Waals surface area contributed by atoms with Crippen molar-refractivity contribution >= 4 is 5.97 Å². The minimum Gasteiger partial charge on any atom is -0.460 e. The summed E-state index contributed by atoms with van der Waals surface area (Å²) in [4.78, 5) is 11.3. The summed E-state index contributed by atoms with van der Waals surface area (Å²) >= 11 is 0. The molecule has 2 nitrogen and oxygen atoms in total. The monoisotopic (exact) mass is 190 g/mol. The van der Waals surface area contributed by atoms with Crippen LogP contribution in [0, 0.1) is 5.92 Å². The Labute approximate surface area is 84.2 Å². The number of carbonyl (C=O) groups is 1. The van der Waals surface area contributed by atoms with E-state index >= 15 is 0 Å².